The van der Waals surface area contributed by atoms with Gasteiger partial charge in [0.05, 0.1) is 13.7 Å². The van der Waals surface area contributed by atoms with Gasteiger partial charge < -0.3 is 9.84 Å². The Balaban J connectivity index is 2.26. The maximum atomic E-state index is 14.0. The maximum absolute atomic E-state index is 14.0. The lowest BCUT2D eigenvalue weighted by molar-refractivity contribution is -0.133. The second-order valence-corrected chi connectivity index (χ2v) is 4.24. The van der Waals surface area contributed by atoms with Gasteiger partial charge in [-0.25, -0.2) is 14.2 Å². The SMILES string of the molecule is COc1cccc(CN2N=C(C(=O)O)CCC2=O)c1F. The van der Waals surface area contributed by atoms with Crippen LogP contribution in [0.1, 0.15) is 18.4 Å². The van der Waals surface area contributed by atoms with Gasteiger partial charge in [-0.2, -0.15) is 5.10 Å². The summed E-state index contributed by atoms with van der Waals surface area (Å²) in [7, 11) is 1.34. The number of hydrogen-bond donors (Lipinski definition) is 1. The lowest BCUT2D eigenvalue weighted by Crippen LogP contribution is -2.34. The van der Waals surface area contributed by atoms with Crippen LogP contribution in [0, 0.1) is 5.82 Å². The van der Waals surface area contributed by atoms with Gasteiger partial charge in [-0.3, -0.25) is 4.79 Å². The number of aliphatic carboxylic acids is 1. The molecule has 20 heavy (non-hydrogen) atoms. The molecule has 1 amide bonds. The summed E-state index contributed by atoms with van der Waals surface area (Å²) in [5.74, 6) is -2.03. The Kier molecular flexibility index (Phi) is 3.97. The molecular weight excluding hydrogens is 267 g/mol. The first-order valence-corrected chi connectivity index (χ1v) is 5.95. The van der Waals surface area contributed by atoms with E-state index >= 15 is 0 Å². The van der Waals surface area contributed by atoms with Crippen LogP contribution in [0.3, 0.4) is 0 Å². The topological polar surface area (TPSA) is 79.2 Å². The van der Waals surface area contributed by atoms with Crippen molar-refractivity contribution < 1.29 is 23.8 Å². The van der Waals surface area contributed by atoms with E-state index in [2.05, 4.69) is 5.10 Å². The minimum Gasteiger partial charge on any atom is -0.494 e. The van der Waals surface area contributed by atoms with Gasteiger partial charge in [0.1, 0.15) is 5.71 Å². The van der Waals surface area contributed by atoms with Crippen LogP contribution in [-0.2, 0) is 16.1 Å². The van der Waals surface area contributed by atoms with Crippen molar-refractivity contribution in [2.24, 2.45) is 5.10 Å². The largest absolute Gasteiger partial charge is 0.494 e. The minimum absolute atomic E-state index is 0.0523. The predicted molar refractivity (Wildman–Crippen MR) is 67.8 cm³/mol. The number of benzene rings is 1. The number of carbonyl (C=O) groups excluding carboxylic acids is 1. The van der Waals surface area contributed by atoms with Crippen LogP contribution in [0.5, 0.6) is 5.75 Å². The lowest BCUT2D eigenvalue weighted by Gasteiger charge is -2.22. The average molecular weight is 280 g/mol. The van der Waals surface area contributed by atoms with E-state index in [4.69, 9.17) is 9.84 Å². The minimum atomic E-state index is -1.17. The summed E-state index contributed by atoms with van der Waals surface area (Å²) in [4.78, 5) is 22.6. The number of methoxy groups -OCH3 is 1. The van der Waals surface area contributed by atoms with Crippen LogP contribution in [0.2, 0.25) is 0 Å². The third-order valence-electron chi connectivity index (χ3n) is 2.94. The monoisotopic (exact) mass is 280 g/mol. The Labute approximate surface area is 114 Å². The van der Waals surface area contributed by atoms with Crippen molar-refractivity contribution in [2.75, 3.05) is 7.11 Å². The number of carbonyl (C=O) groups is 2. The second kappa shape index (κ2) is 5.68. The van der Waals surface area contributed by atoms with Crippen LogP contribution in [0.4, 0.5) is 4.39 Å². The van der Waals surface area contributed by atoms with Gasteiger partial charge in [0, 0.05) is 18.4 Å². The molecule has 1 aliphatic heterocycles. The number of nitrogens with zero attached hydrogens (tertiary/aromatic N) is 2. The van der Waals surface area contributed by atoms with Crippen LogP contribution in [-0.4, -0.2) is 34.8 Å². The molecule has 1 heterocycles. The molecule has 1 aliphatic rings. The average Bonchev–Trinajstić information content (AvgIpc) is 2.43. The number of rotatable bonds is 4. The molecule has 106 valence electrons. The Morgan fingerprint density at radius 2 is 2.25 bits per heavy atom. The predicted octanol–water partition coefficient (Wildman–Crippen LogP) is 1.40. The highest BCUT2D eigenvalue weighted by Crippen LogP contribution is 2.22. The highest BCUT2D eigenvalue weighted by atomic mass is 19.1. The summed E-state index contributed by atoms with van der Waals surface area (Å²) >= 11 is 0. The molecule has 0 radical (unpaired) electrons. The Bertz CT molecular complexity index is 586. The smallest absolute Gasteiger partial charge is 0.352 e. The fourth-order valence-electron chi connectivity index (χ4n) is 1.88. The third kappa shape index (κ3) is 2.76. The zero-order valence-corrected chi connectivity index (χ0v) is 10.8. The molecule has 1 N–H and O–H groups in total. The maximum Gasteiger partial charge on any atom is 0.352 e. The first-order chi connectivity index (χ1) is 9.52. The van der Waals surface area contributed by atoms with E-state index in [1.54, 1.807) is 6.07 Å². The number of ether oxygens (including phenoxy) is 1. The van der Waals surface area contributed by atoms with Gasteiger partial charge in [-0.1, -0.05) is 12.1 Å². The second-order valence-electron chi connectivity index (χ2n) is 4.24. The van der Waals surface area contributed by atoms with Crippen molar-refractivity contribution in [3.8, 4) is 5.75 Å². The zero-order chi connectivity index (χ0) is 14.7. The van der Waals surface area contributed by atoms with Gasteiger partial charge >= 0.3 is 5.97 Å². The summed E-state index contributed by atoms with van der Waals surface area (Å²) in [6.07, 6.45) is 0.141. The molecule has 0 bridgehead atoms. The number of halogens is 1. The normalized spacial score (nSPS) is 15.0. The van der Waals surface area contributed by atoms with E-state index in [1.807, 2.05) is 0 Å². The molecular formula is C13H13FN2O4. The number of hydrogen-bond acceptors (Lipinski definition) is 4. The molecule has 6 nitrogen and oxygen atoms in total. The number of amides is 1. The van der Waals surface area contributed by atoms with Gasteiger partial charge in [-0.15, -0.1) is 0 Å². The van der Waals surface area contributed by atoms with Crippen LogP contribution in [0.15, 0.2) is 23.3 Å². The van der Waals surface area contributed by atoms with Gasteiger partial charge in [0.15, 0.2) is 11.6 Å². The van der Waals surface area contributed by atoms with E-state index in [1.165, 1.54) is 19.2 Å². The zero-order valence-electron chi connectivity index (χ0n) is 10.8. The number of carboxylic acids is 1. The number of hydrazone groups is 1. The highest BCUT2D eigenvalue weighted by Gasteiger charge is 2.25. The quantitative estimate of drug-likeness (QED) is 0.904. The molecule has 0 fully saturated rings. The van der Waals surface area contributed by atoms with E-state index in [9.17, 15) is 14.0 Å². The van der Waals surface area contributed by atoms with Gasteiger partial charge in [0.2, 0.25) is 5.91 Å². The fraction of sp³-hybridized carbons (Fsp3) is 0.308. The van der Waals surface area contributed by atoms with E-state index in [0.717, 1.165) is 5.01 Å². The summed E-state index contributed by atoms with van der Waals surface area (Å²) in [6, 6.07) is 4.55. The Morgan fingerprint density at radius 3 is 2.90 bits per heavy atom. The van der Waals surface area contributed by atoms with E-state index < -0.39 is 11.8 Å². The van der Waals surface area contributed by atoms with E-state index in [0.29, 0.717) is 0 Å². The van der Waals surface area contributed by atoms with Crippen molar-refractivity contribution in [2.45, 2.75) is 19.4 Å². The summed E-state index contributed by atoms with van der Waals surface area (Å²) in [5, 5.41) is 13.6. The summed E-state index contributed by atoms with van der Waals surface area (Å²) < 4.78 is 18.8. The first kappa shape index (κ1) is 14.0. The van der Waals surface area contributed by atoms with Crippen molar-refractivity contribution in [1.29, 1.82) is 0 Å². The summed E-state index contributed by atoms with van der Waals surface area (Å²) in [6.45, 7) is -0.126. The lowest BCUT2D eigenvalue weighted by atomic mass is 10.1. The molecule has 7 heteroatoms. The summed E-state index contributed by atoms with van der Waals surface area (Å²) in [5.41, 5.74) is 0.112. The van der Waals surface area contributed by atoms with Gasteiger partial charge in [0.25, 0.3) is 0 Å². The highest BCUT2D eigenvalue weighted by molar-refractivity contribution is 6.36. The fourth-order valence-corrected chi connectivity index (χ4v) is 1.88. The Hall–Kier alpha value is -2.44. The van der Waals surface area contributed by atoms with Gasteiger partial charge in [-0.05, 0) is 6.07 Å². The molecule has 1 aromatic rings. The van der Waals surface area contributed by atoms with Crippen LogP contribution >= 0.6 is 0 Å². The molecule has 0 unspecified atom stereocenters. The van der Waals surface area contributed by atoms with Crippen LogP contribution < -0.4 is 4.74 Å². The number of carboxylic acid groups (broad SMARTS) is 1. The molecule has 1 aromatic carbocycles. The molecule has 0 saturated heterocycles. The van der Waals surface area contributed by atoms with Crippen molar-refractivity contribution in [3.05, 3.63) is 29.6 Å². The Morgan fingerprint density at radius 1 is 1.50 bits per heavy atom. The van der Waals surface area contributed by atoms with Crippen molar-refractivity contribution in [3.63, 3.8) is 0 Å². The first-order valence-electron chi connectivity index (χ1n) is 5.95. The van der Waals surface area contributed by atoms with Crippen LogP contribution in [0.25, 0.3) is 0 Å². The molecule has 0 spiro atoms. The molecule has 0 aliphatic carbocycles. The van der Waals surface area contributed by atoms with Crippen molar-refractivity contribution in [1.82, 2.24) is 5.01 Å². The van der Waals surface area contributed by atoms with E-state index in [-0.39, 0.29) is 42.3 Å². The third-order valence-corrected chi connectivity index (χ3v) is 2.94. The molecule has 2 rings (SSSR count). The standard InChI is InChI=1S/C13H13FN2O4/c1-20-10-4-2-3-8(12(10)14)7-16-11(17)6-5-9(15-16)13(18)19/h2-4H,5-7H2,1H3,(H,18,19). The molecule has 0 aromatic heterocycles. The molecule has 0 atom stereocenters. The van der Waals surface area contributed by atoms with Crippen molar-refractivity contribution >= 4 is 17.6 Å². The molecule has 0 saturated carbocycles.